The Morgan fingerprint density at radius 3 is 2.75 bits per heavy atom. The predicted molar refractivity (Wildman–Crippen MR) is 97.9 cm³/mol. The highest BCUT2D eigenvalue weighted by atomic mass is 79.9. The van der Waals surface area contributed by atoms with Crippen molar-refractivity contribution in [1.29, 1.82) is 0 Å². The van der Waals surface area contributed by atoms with Crippen molar-refractivity contribution >= 4 is 33.2 Å². The zero-order valence-corrected chi connectivity index (χ0v) is 14.3. The molecule has 24 heavy (non-hydrogen) atoms. The molecule has 0 saturated carbocycles. The van der Waals surface area contributed by atoms with E-state index < -0.39 is 0 Å². The Labute approximate surface area is 148 Å². The lowest BCUT2D eigenvalue weighted by Gasteiger charge is -2.08. The summed E-state index contributed by atoms with van der Waals surface area (Å²) in [5.74, 6) is -0.206. The number of rotatable bonds is 5. The number of halogens is 1. The fraction of sp³-hybridized carbons (Fsp3) is 0.0556. The van der Waals surface area contributed by atoms with Crippen molar-refractivity contribution in [3.63, 3.8) is 0 Å². The number of nitrogens with one attached hydrogen (secondary N) is 2. The minimum atomic E-state index is -0.206. The van der Waals surface area contributed by atoms with E-state index in [4.69, 9.17) is 0 Å². The Morgan fingerprint density at radius 2 is 1.96 bits per heavy atom. The van der Waals surface area contributed by atoms with Crippen molar-refractivity contribution in [2.45, 2.75) is 6.54 Å². The first-order valence-corrected chi connectivity index (χ1v) is 8.16. The fourth-order valence-corrected chi connectivity index (χ4v) is 2.52. The van der Waals surface area contributed by atoms with Crippen molar-refractivity contribution in [1.82, 2.24) is 9.97 Å². The summed E-state index contributed by atoms with van der Waals surface area (Å²) < 4.78 is 0.907. The summed E-state index contributed by atoms with van der Waals surface area (Å²) in [6.07, 6.45) is 4.97. The van der Waals surface area contributed by atoms with Gasteiger partial charge in [0.2, 0.25) is 0 Å². The SMILES string of the molecule is O=C(Nc1cccc(Br)c1)c1cncc(NCc2ccccn2)c1. The highest BCUT2D eigenvalue weighted by Gasteiger charge is 2.08. The van der Waals surface area contributed by atoms with Crippen LogP contribution in [0.25, 0.3) is 0 Å². The van der Waals surface area contributed by atoms with Gasteiger partial charge in [0, 0.05) is 28.8 Å². The third-order valence-corrected chi connectivity index (χ3v) is 3.78. The van der Waals surface area contributed by atoms with Gasteiger partial charge in [-0.05, 0) is 36.4 Å². The van der Waals surface area contributed by atoms with Crippen LogP contribution in [0.15, 0.2) is 71.6 Å². The van der Waals surface area contributed by atoms with E-state index in [0.29, 0.717) is 12.1 Å². The number of aromatic nitrogens is 2. The molecule has 0 fully saturated rings. The zero-order valence-electron chi connectivity index (χ0n) is 12.7. The number of nitrogens with zero attached hydrogens (tertiary/aromatic N) is 2. The molecule has 0 unspecified atom stereocenters. The second-order valence-electron chi connectivity index (χ2n) is 5.10. The van der Waals surface area contributed by atoms with E-state index in [1.165, 1.54) is 0 Å². The molecule has 120 valence electrons. The number of hydrogen-bond donors (Lipinski definition) is 2. The summed E-state index contributed by atoms with van der Waals surface area (Å²) in [6, 6.07) is 14.9. The van der Waals surface area contributed by atoms with Gasteiger partial charge in [-0.3, -0.25) is 14.8 Å². The van der Waals surface area contributed by atoms with Crippen molar-refractivity contribution < 1.29 is 4.79 Å². The van der Waals surface area contributed by atoms with E-state index in [2.05, 4.69) is 36.5 Å². The first-order chi connectivity index (χ1) is 11.7. The summed E-state index contributed by atoms with van der Waals surface area (Å²) in [6.45, 7) is 0.569. The van der Waals surface area contributed by atoms with Crippen molar-refractivity contribution in [3.8, 4) is 0 Å². The van der Waals surface area contributed by atoms with Crippen LogP contribution in [0.3, 0.4) is 0 Å². The van der Waals surface area contributed by atoms with Gasteiger partial charge in [0.1, 0.15) is 0 Å². The van der Waals surface area contributed by atoms with E-state index >= 15 is 0 Å². The maximum atomic E-state index is 12.3. The van der Waals surface area contributed by atoms with Gasteiger partial charge >= 0.3 is 0 Å². The van der Waals surface area contributed by atoms with Crippen LogP contribution in [0.4, 0.5) is 11.4 Å². The molecule has 0 aliphatic heterocycles. The fourth-order valence-electron chi connectivity index (χ4n) is 2.13. The number of benzene rings is 1. The zero-order chi connectivity index (χ0) is 16.8. The molecule has 1 aromatic carbocycles. The molecule has 5 nitrogen and oxygen atoms in total. The van der Waals surface area contributed by atoms with Crippen LogP contribution in [0, 0.1) is 0 Å². The largest absolute Gasteiger partial charge is 0.378 e. The van der Waals surface area contributed by atoms with Gasteiger partial charge in [-0.1, -0.05) is 28.1 Å². The molecule has 0 aliphatic carbocycles. The molecule has 2 N–H and O–H groups in total. The molecule has 2 aromatic heterocycles. The molecule has 6 heteroatoms. The average Bonchev–Trinajstić information content (AvgIpc) is 2.61. The van der Waals surface area contributed by atoms with Gasteiger partial charge in [-0.2, -0.15) is 0 Å². The summed E-state index contributed by atoms with van der Waals surface area (Å²) in [5.41, 5.74) is 2.89. The highest BCUT2D eigenvalue weighted by molar-refractivity contribution is 9.10. The Morgan fingerprint density at radius 1 is 1.04 bits per heavy atom. The van der Waals surface area contributed by atoms with E-state index in [1.54, 1.807) is 24.7 Å². The minimum absolute atomic E-state index is 0.206. The molecule has 0 radical (unpaired) electrons. The summed E-state index contributed by atoms with van der Waals surface area (Å²) in [4.78, 5) is 20.7. The standard InChI is InChI=1S/C18H15BrN4O/c19-14-4-3-6-15(9-14)23-18(24)13-8-17(11-20-10-13)22-12-16-5-1-2-7-21-16/h1-11,22H,12H2,(H,23,24). The van der Waals surface area contributed by atoms with Crippen LogP contribution in [-0.2, 0) is 6.54 Å². The van der Waals surface area contributed by atoms with Gasteiger partial charge in [0.15, 0.2) is 0 Å². The van der Waals surface area contributed by atoms with Gasteiger partial charge in [0.05, 0.1) is 23.5 Å². The molecule has 3 aromatic rings. The number of carbonyl (C=O) groups excluding carboxylic acids is 1. The van der Waals surface area contributed by atoms with Gasteiger partial charge < -0.3 is 10.6 Å². The second kappa shape index (κ2) is 7.70. The van der Waals surface area contributed by atoms with Crippen molar-refractivity contribution in [3.05, 3.63) is 82.9 Å². The maximum Gasteiger partial charge on any atom is 0.257 e. The molecule has 2 heterocycles. The average molecular weight is 383 g/mol. The monoisotopic (exact) mass is 382 g/mol. The van der Waals surface area contributed by atoms with Gasteiger partial charge in [-0.15, -0.1) is 0 Å². The van der Waals surface area contributed by atoms with Crippen LogP contribution in [0.5, 0.6) is 0 Å². The van der Waals surface area contributed by atoms with Gasteiger partial charge in [-0.25, -0.2) is 0 Å². The van der Waals surface area contributed by atoms with Crippen LogP contribution in [0.2, 0.25) is 0 Å². The third kappa shape index (κ3) is 4.39. The topological polar surface area (TPSA) is 66.9 Å². The number of hydrogen-bond acceptors (Lipinski definition) is 4. The molecular weight excluding hydrogens is 368 g/mol. The van der Waals surface area contributed by atoms with Crippen LogP contribution in [-0.4, -0.2) is 15.9 Å². The summed E-state index contributed by atoms with van der Waals surface area (Å²) >= 11 is 3.38. The molecule has 0 saturated heterocycles. The maximum absolute atomic E-state index is 12.3. The lowest BCUT2D eigenvalue weighted by molar-refractivity contribution is 0.102. The van der Waals surface area contributed by atoms with E-state index in [0.717, 1.165) is 21.5 Å². The number of anilines is 2. The molecular formula is C18H15BrN4O. The van der Waals surface area contributed by atoms with Crippen LogP contribution >= 0.6 is 15.9 Å². The third-order valence-electron chi connectivity index (χ3n) is 3.28. The Bertz CT molecular complexity index is 839. The van der Waals surface area contributed by atoms with E-state index in [1.807, 2.05) is 42.5 Å². The highest BCUT2D eigenvalue weighted by Crippen LogP contribution is 2.17. The number of carbonyl (C=O) groups is 1. The molecule has 0 atom stereocenters. The van der Waals surface area contributed by atoms with Crippen LogP contribution < -0.4 is 10.6 Å². The quantitative estimate of drug-likeness (QED) is 0.696. The summed E-state index contributed by atoms with van der Waals surface area (Å²) in [5, 5.41) is 6.07. The Hall–Kier alpha value is -2.73. The van der Waals surface area contributed by atoms with Crippen molar-refractivity contribution in [2.24, 2.45) is 0 Å². The molecule has 3 rings (SSSR count). The molecule has 0 spiro atoms. The number of amides is 1. The molecule has 0 bridgehead atoms. The van der Waals surface area contributed by atoms with E-state index in [9.17, 15) is 4.79 Å². The first kappa shape index (κ1) is 16.1. The predicted octanol–water partition coefficient (Wildman–Crippen LogP) is 4.10. The number of pyridine rings is 2. The lowest BCUT2D eigenvalue weighted by atomic mass is 10.2. The first-order valence-electron chi connectivity index (χ1n) is 7.36. The van der Waals surface area contributed by atoms with Gasteiger partial charge in [0.25, 0.3) is 5.91 Å². The van der Waals surface area contributed by atoms with E-state index in [-0.39, 0.29) is 5.91 Å². The minimum Gasteiger partial charge on any atom is -0.378 e. The molecule has 0 aliphatic rings. The Kier molecular flexibility index (Phi) is 5.18. The normalized spacial score (nSPS) is 10.2. The molecule has 1 amide bonds. The lowest BCUT2D eigenvalue weighted by Crippen LogP contribution is -2.13. The smallest absolute Gasteiger partial charge is 0.257 e. The van der Waals surface area contributed by atoms with Crippen molar-refractivity contribution in [2.75, 3.05) is 10.6 Å². The summed E-state index contributed by atoms with van der Waals surface area (Å²) in [7, 11) is 0. The second-order valence-corrected chi connectivity index (χ2v) is 6.02. The van der Waals surface area contributed by atoms with Crippen LogP contribution in [0.1, 0.15) is 16.1 Å². The Balaban J connectivity index is 1.67.